The second-order valence-corrected chi connectivity index (χ2v) is 12.8. The topological polar surface area (TPSA) is 107 Å². The first-order valence-electron chi connectivity index (χ1n) is 13.0. The average Bonchev–Trinajstić information content (AvgIpc) is 2.90. The van der Waals surface area contributed by atoms with Crippen molar-refractivity contribution in [3.63, 3.8) is 0 Å². The summed E-state index contributed by atoms with van der Waals surface area (Å²) in [5.74, 6) is -4.49. The number of carbonyl (C=O) groups is 2. The summed E-state index contributed by atoms with van der Waals surface area (Å²) in [7, 11) is -4.14. The van der Waals surface area contributed by atoms with Gasteiger partial charge < -0.3 is 15.3 Å². The maximum absolute atomic E-state index is 15.6. The Labute approximate surface area is 241 Å². The van der Waals surface area contributed by atoms with E-state index in [4.69, 9.17) is 11.6 Å². The zero-order valence-corrected chi connectivity index (χ0v) is 24.1. The molecule has 2 fully saturated rings. The Morgan fingerprint density at radius 1 is 1.05 bits per heavy atom. The van der Waals surface area contributed by atoms with Gasteiger partial charge in [0, 0.05) is 54.2 Å². The summed E-state index contributed by atoms with van der Waals surface area (Å²) in [5.41, 5.74) is -1.11. The van der Waals surface area contributed by atoms with E-state index >= 15 is 4.39 Å². The lowest BCUT2D eigenvalue weighted by atomic mass is 9.93. The first-order chi connectivity index (χ1) is 19.1. The van der Waals surface area contributed by atoms with E-state index < -0.39 is 71.5 Å². The SMILES string of the molecule is CC(O)c1ccc(S(=O)(=O)N2CCC(F)(C(=O)N[C@H](C)/C=C/C(=O)N3CC(F)(F)C3)CC2)c(-c2ccccc2Cl)c1. The molecule has 0 aliphatic carbocycles. The molecule has 2 amide bonds. The Morgan fingerprint density at radius 3 is 2.27 bits per heavy atom. The third-order valence-electron chi connectivity index (χ3n) is 7.23. The third-order valence-corrected chi connectivity index (χ3v) is 9.52. The zero-order chi connectivity index (χ0) is 30.2. The monoisotopic (exact) mass is 613 g/mol. The molecule has 222 valence electrons. The van der Waals surface area contributed by atoms with Crippen molar-refractivity contribution in [1.82, 2.24) is 14.5 Å². The van der Waals surface area contributed by atoms with Crippen LogP contribution in [0.5, 0.6) is 0 Å². The van der Waals surface area contributed by atoms with E-state index in [9.17, 15) is 31.9 Å². The van der Waals surface area contributed by atoms with E-state index in [2.05, 4.69) is 5.32 Å². The van der Waals surface area contributed by atoms with Crippen LogP contribution in [0.4, 0.5) is 13.2 Å². The van der Waals surface area contributed by atoms with Gasteiger partial charge in [-0.3, -0.25) is 9.59 Å². The first-order valence-corrected chi connectivity index (χ1v) is 14.9. The highest BCUT2D eigenvalue weighted by Gasteiger charge is 2.46. The Morgan fingerprint density at radius 2 is 1.68 bits per heavy atom. The molecule has 2 aromatic rings. The third kappa shape index (κ3) is 6.77. The molecule has 0 radical (unpaired) electrons. The van der Waals surface area contributed by atoms with Gasteiger partial charge in [-0.25, -0.2) is 21.6 Å². The summed E-state index contributed by atoms with van der Waals surface area (Å²) in [6.45, 7) is 1.18. The first kappa shape index (κ1) is 31.0. The Kier molecular flexibility index (Phi) is 8.89. The number of hydrogen-bond donors (Lipinski definition) is 2. The predicted molar refractivity (Wildman–Crippen MR) is 148 cm³/mol. The van der Waals surface area contributed by atoms with E-state index in [0.717, 1.165) is 15.3 Å². The zero-order valence-electron chi connectivity index (χ0n) is 22.5. The standard InChI is InChI=1S/C28H31ClF3N3O5S/c1-18(7-10-25(37)34-16-28(31,32)17-34)33-26(38)27(30)11-13-35(14-12-27)41(39,40)24-9-8-20(19(2)36)15-22(24)21-5-3-4-6-23(21)29/h3-10,15,18-19,36H,11-14,16-17H2,1-2H3,(H,33,38)/b10-7+/t18-,19?/m1/s1. The van der Waals surface area contributed by atoms with Crippen molar-refractivity contribution < 1.29 is 36.3 Å². The van der Waals surface area contributed by atoms with Gasteiger partial charge in [0.2, 0.25) is 15.9 Å². The molecule has 0 spiro atoms. The number of nitrogens with one attached hydrogen (secondary N) is 1. The maximum Gasteiger partial charge on any atom is 0.282 e. The minimum Gasteiger partial charge on any atom is -0.389 e. The molecule has 2 heterocycles. The number of amides is 2. The maximum atomic E-state index is 15.6. The summed E-state index contributed by atoms with van der Waals surface area (Å²) in [6, 6.07) is 10.4. The highest BCUT2D eigenvalue weighted by molar-refractivity contribution is 7.89. The fraction of sp³-hybridized carbons (Fsp3) is 0.429. The van der Waals surface area contributed by atoms with Crippen LogP contribution in [0, 0.1) is 0 Å². The van der Waals surface area contributed by atoms with Gasteiger partial charge in [-0.1, -0.05) is 41.9 Å². The van der Waals surface area contributed by atoms with Crippen molar-refractivity contribution in [3.8, 4) is 11.1 Å². The molecule has 2 aliphatic heterocycles. The van der Waals surface area contributed by atoms with Crippen LogP contribution in [0.25, 0.3) is 11.1 Å². The van der Waals surface area contributed by atoms with E-state index in [0.29, 0.717) is 21.7 Å². The molecule has 41 heavy (non-hydrogen) atoms. The number of sulfonamides is 1. The molecule has 8 nitrogen and oxygen atoms in total. The summed E-state index contributed by atoms with van der Waals surface area (Å²) < 4.78 is 70.1. The highest BCUT2D eigenvalue weighted by Crippen LogP contribution is 2.38. The lowest BCUT2D eigenvalue weighted by Crippen LogP contribution is -2.58. The second kappa shape index (κ2) is 11.7. The Balaban J connectivity index is 1.44. The van der Waals surface area contributed by atoms with E-state index in [1.54, 1.807) is 37.3 Å². The highest BCUT2D eigenvalue weighted by atomic mass is 35.5. The number of aliphatic hydroxyl groups is 1. The largest absolute Gasteiger partial charge is 0.389 e. The van der Waals surface area contributed by atoms with Crippen LogP contribution in [0.15, 0.2) is 59.5 Å². The number of aliphatic hydroxyl groups excluding tert-OH is 1. The molecule has 13 heteroatoms. The normalized spacial score (nSPS) is 20.3. The summed E-state index contributed by atoms with van der Waals surface area (Å²) >= 11 is 6.37. The number of alkyl halides is 3. The minimum atomic E-state index is -4.14. The Hall–Kier alpha value is -2.93. The summed E-state index contributed by atoms with van der Waals surface area (Å²) in [4.78, 5) is 25.6. The number of rotatable bonds is 8. The van der Waals surface area contributed by atoms with Crippen LogP contribution in [0.2, 0.25) is 5.02 Å². The number of carbonyl (C=O) groups excluding carboxylic acids is 2. The molecular weight excluding hydrogens is 583 g/mol. The molecule has 0 saturated carbocycles. The van der Waals surface area contributed by atoms with Gasteiger partial charge >= 0.3 is 0 Å². The van der Waals surface area contributed by atoms with Gasteiger partial charge in [-0.15, -0.1) is 0 Å². The van der Waals surface area contributed by atoms with Crippen molar-refractivity contribution in [2.75, 3.05) is 26.2 Å². The molecule has 1 unspecified atom stereocenters. The van der Waals surface area contributed by atoms with Crippen LogP contribution in [0.1, 0.15) is 38.4 Å². The van der Waals surface area contributed by atoms with Crippen molar-refractivity contribution in [3.05, 3.63) is 65.2 Å². The van der Waals surface area contributed by atoms with Crippen LogP contribution >= 0.6 is 11.6 Å². The van der Waals surface area contributed by atoms with E-state index in [1.807, 2.05) is 0 Å². The van der Waals surface area contributed by atoms with Crippen molar-refractivity contribution in [2.24, 2.45) is 0 Å². The molecule has 2 aliphatic rings. The number of hydrogen-bond acceptors (Lipinski definition) is 5. The molecule has 0 bridgehead atoms. The molecule has 2 aromatic carbocycles. The van der Waals surface area contributed by atoms with Gasteiger partial charge in [0.05, 0.1) is 24.1 Å². The van der Waals surface area contributed by atoms with Gasteiger partial charge in [0.1, 0.15) is 0 Å². The summed E-state index contributed by atoms with van der Waals surface area (Å²) in [5, 5.41) is 12.8. The number of nitrogens with zero attached hydrogens (tertiary/aromatic N) is 2. The fourth-order valence-corrected chi connectivity index (χ4v) is 6.62. The van der Waals surface area contributed by atoms with Crippen molar-refractivity contribution >= 4 is 33.4 Å². The molecule has 4 rings (SSSR count). The van der Waals surface area contributed by atoms with Crippen molar-refractivity contribution in [1.29, 1.82) is 0 Å². The predicted octanol–water partition coefficient (Wildman–Crippen LogP) is 4.09. The van der Waals surface area contributed by atoms with Gasteiger partial charge in [-0.05, 0) is 37.6 Å². The lowest BCUT2D eigenvalue weighted by molar-refractivity contribution is -0.160. The van der Waals surface area contributed by atoms with Crippen LogP contribution in [-0.2, 0) is 19.6 Å². The number of likely N-dealkylation sites (tertiary alicyclic amines) is 1. The lowest BCUT2D eigenvalue weighted by Gasteiger charge is -2.38. The minimum absolute atomic E-state index is 0.0609. The quantitative estimate of drug-likeness (QED) is 0.436. The van der Waals surface area contributed by atoms with Gasteiger partial charge in [0.15, 0.2) is 5.67 Å². The smallest absolute Gasteiger partial charge is 0.282 e. The molecule has 2 saturated heterocycles. The molecule has 2 N–H and O–H groups in total. The molecule has 0 aromatic heterocycles. The fourth-order valence-electron chi connectivity index (χ4n) is 4.75. The molecular formula is C28H31ClF3N3O5S. The number of halogens is 4. The average molecular weight is 614 g/mol. The van der Waals surface area contributed by atoms with E-state index in [-0.39, 0.29) is 18.0 Å². The van der Waals surface area contributed by atoms with Gasteiger partial charge in [0.25, 0.3) is 11.8 Å². The second-order valence-electron chi connectivity index (χ2n) is 10.5. The van der Waals surface area contributed by atoms with Crippen LogP contribution in [-0.4, -0.2) is 78.4 Å². The van der Waals surface area contributed by atoms with Crippen molar-refractivity contribution in [2.45, 2.75) is 55.3 Å². The van der Waals surface area contributed by atoms with Gasteiger partial charge in [-0.2, -0.15) is 4.31 Å². The summed E-state index contributed by atoms with van der Waals surface area (Å²) in [6.07, 6.45) is 0.684. The molecule has 2 atom stereocenters. The van der Waals surface area contributed by atoms with E-state index in [1.165, 1.54) is 25.1 Å². The number of piperidine rings is 1. The Bertz CT molecular complexity index is 1450. The van der Waals surface area contributed by atoms with Crippen LogP contribution in [0.3, 0.4) is 0 Å². The number of benzene rings is 2. The van der Waals surface area contributed by atoms with Crippen LogP contribution < -0.4 is 5.32 Å².